The number of carbonyl (C=O) groups is 2. The summed E-state index contributed by atoms with van der Waals surface area (Å²) in [5, 5.41) is 22.2. The predicted molar refractivity (Wildman–Crippen MR) is 123 cm³/mol. The zero-order valence-corrected chi connectivity index (χ0v) is 17.9. The van der Waals surface area contributed by atoms with E-state index in [0.717, 1.165) is 11.8 Å². The van der Waals surface area contributed by atoms with Gasteiger partial charge >= 0.3 is 0 Å². The van der Waals surface area contributed by atoms with Crippen LogP contribution in [0.1, 0.15) is 17.2 Å². The van der Waals surface area contributed by atoms with Crippen LogP contribution < -0.4 is 9.80 Å². The van der Waals surface area contributed by atoms with Crippen LogP contribution in [0.5, 0.6) is 0 Å². The Morgan fingerprint density at radius 3 is 2.42 bits per heavy atom. The largest absolute Gasteiger partial charge is 0.507 e. The van der Waals surface area contributed by atoms with E-state index in [9.17, 15) is 24.8 Å². The van der Waals surface area contributed by atoms with E-state index in [1.807, 2.05) is 31.1 Å². The molecule has 33 heavy (non-hydrogen) atoms. The van der Waals surface area contributed by atoms with Crippen LogP contribution in [0.2, 0.25) is 0 Å². The highest BCUT2D eigenvalue weighted by atomic mass is 16.6. The molecule has 4 rings (SSSR count). The van der Waals surface area contributed by atoms with Crippen LogP contribution in [0.4, 0.5) is 17.1 Å². The average Bonchev–Trinajstić information content (AvgIpc) is 3.09. The number of amides is 1. The number of aliphatic hydroxyl groups excluding tert-OH is 1. The van der Waals surface area contributed by atoms with Crippen molar-refractivity contribution >= 4 is 34.5 Å². The van der Waals surface area contributed by atoms with E-state index in [1.54, 1.807) is 30.5 Å². The summed E-state index contributed by atoms with van der Waals surface area (Å²) in [6, 6.07) is 14.8. The summed E-state index contributed by atoms with van der Waals surface area (Å²) < 4.78 is 0. The van der Waals surface area contributed by atoms with Gasteiger partial charge in [-0.25, -0.2) is 0 Å². The molecule has 0 bridgehead atoms. The number of carbonyl (C=O) groups excluding carboxylic acids is 2. The van der Waals surface area contributed by atoms with Gasteiger partial charge in [0.05, 0.1) is 16.5 Å². The quantitative estimate of drug-likeness (QED) is 0.210. The van der Waals surface area contributed by atoms with E-state index in [2.05, 4.69) is 4.98 Å². The van der Waals surface area contributed by atoms with E-state index >= 15 is 0 Å². The van der Waals surface area contributed by atoms with Gasteiger partial charge < -0.3 is 10.0 Å². The molecule has 1 fully saturated rings. The average molecular weight is 444 g/mol. The molecule has 2 aromatic carbocycles. The fourth-order valence-corrected chi connectivity index (χ4v) is 3.79. The molecular formula is C24H20N4O5. The fourth-order valence-electron chi connectivity index (χ4n) is 3.79. The van der Waals surface area contributed by atoms with Gasteiger partial charge in [0, 0.05) is 55.6 Å². The van der Waals surface area contributed by atoms with Gasteiger partial charge in [-0.05, 0) is 35.9 Å². The lowest BCUT2D eigenvalue weighted by atomic mass is 9.96. The minimum absolute atomic E-state index is 0.0686. The number of hydrogen-bond acceptors (Lipinski definition) is 7. The third kappa shape index (κ3) is 3.91. The van der Waals surface area contributed by atoms with Crippen molar-refractivity contribution in [2.75, 3.05) is 23.9 Å². The zero-order chi connectivity index (χ0) is 23.7. The molecule has 1 amide bonds. The number of pyridine rings is 1. The second-order valence-electron chi connectivity index (χ2n) is 7.67. The van der Waals surface area contributed by atoms with Crippen LogP contribution in [0, 0.1) is 10.1 Å². The lowest BCUT2D eigenvalue weighted by molar-refractivity contribution is -0.384. The standard InChI is InChI=1S/C24H20N4O5/c1-26(2)17-8-10-18(11-9-17)27-21(16-6-4-12-25-14-16)20(23(30)24(27)31)22(29)15-5-3-7-19(13-15)28(32)33/h3-14,21,29H,1-2H3/b22-20-. The van der Waals surface area contributed by atoms with Crippen LogP contribution in [0.25, 0.3) is 5.76 Å². The number of nitro groups is 1. The lowest BCUT2D eigenvalue weighted by Gasteiger charge is -2.25. The monoisotopic (exact) mass is 444 g/mol. The third-order valence-electron chi connectivity index (χ3n) is 5.42. The molecule has 166 valence electrons. The van der Waals surface area contributed by atoms with Crippen molar-refractivity contribution in [2.24, 2.45) is 0 Å². The highest BCUT2D eigenvalue weighted by Crippen LogP contribution is 2.42. The maximum Gasteiger partial charge on any atom is 0.300 e. The van der Waals surface area contributed by atoms with Crippen molar-refractivity contribution in [1.82, 2.24) is 4.98 Å². The molecule has 1 aliphatic heterocycles. The first-order valence-corrected chi connectivity index (χ1v) is 10.0. The summed E-state index contributed by atoms with van der Waals surface area (Å²) in [5.74, 6) is -2.18. The van der Waals surface area contributed by atoms with Crippen molar-refractivity contribution in [3.05, 3.63) is 99.9 Å². The van der Waals surface area contributed by atoms with Gasteiger partial charge in [-0.2, -0.15) is 0 Å². The Morgan fingerprint density at radius 2 is 1.82 bits per heavy atom. The first-order chi connectivity index (χ1) is 15.8. The van der Waals surface area contributed by atoms with Gasteiger partial charge in [0.15, 0.2) is 0 Å². The first-order valence-electron chi connectivity index (χ1n) is 10.0. The Morgan fingerprint density at radius 1 is 1.09 bits per heavy atom. The molecule has 1 saturated heterocycles. The minimum Gasteiger partial charge on any atom is -0.507 e. The lowest BCUT2D eigenvalue weighted by Crippen LogP contribution is -2.29. The smallest absolute Gasteiger partial charge is 0.300 e. The van der Waals surface area contributed by atoms with Crippen LogP contribution in [-0.4, -0.2) is 40.8 Å². The minimum atomic E-state index is -0.955. The van der Waals surface area contributed by atoms with Crippen molar-refractivity contribution in [3.8, 4) is 0 Å². The number of nitro benzene ring substituents is 1. The molecule has 0 radical (unpaired) electrons. The van der Waals surface area contributed by atoms with Crippen LogP contribution in [-0.2, 0) is 9.59 Å². The van der Waals surface area contributed by atoms with Crippen LogP contribution in [0.15, 0.2) is 78.6 Å². The number of aromatic nitrogens is 1. The van der Waals surface area contributed by atoms with Gasteiger partial charge in [0.25, 0.3) is 17.4 Å². The Hall–Kier alpha value is -4.53. The summed E-state index contributed by atoms with van der Waals surface area (Å²) in [7, 11) is 3.77. The molecular weight excluding hydrogens is 424 g/mol. The van der Waals surface area contributed by atoms with Gasteiger partial charge in [-0.1, -0.05) is 18.2 Å². The van der Waals surface area contributed by atoms with Crippen LogP contribution >= 0.6 is 0 Å². The summed E-state index contributed by atoms with van der Waals surface area (Å²) >= 11 is 0. The Labute approximate surface area is 189 Å². The Kier molecular flexibility index (Phi) is 5.61. The highest BCUT2D eigenvalue weighted by Gasteiger charge is 2.47. The molecule has 0 spiro atoms. The number of rotatable bonds is 5. The highest BCUT2D eigenvalue weighted by molar-refractivity contribution is 6.51. The number of hydrogen-bond donors (Lipinski definition) is 1. The zero-order valence-electron chi connectivity index (χ0n) is 17.9. The summed E-state index contributed by atoms with van der Waals surface area (Å²) in [5.41, 5.74) is 1.55. The van der Waals surface area contributed by atoms with Gasteiger partial charge in [-0.3, -0.25) is 29.6 Å². The third-order valence-corrected chi connectivity index (χ3v) is 5.42. The number of anilines is 2. The maximum atomic E-state index is 13.1. The number of Topliss-reactive ketones (excluding diaryl/α,β-unsaturated/α-hetero) is 1. The van der Waals surface area contributed by atoms with Crippen LogP contribution in [0.3, 0.4) is 0 Å². The number of nitrogens with zero attached hydrogens (tertiary/aromatic N) is 4. The molecule has 9 nitrogen and oxygen atoms in total. The molecule has 9 heteroatoms. The second kappa shape index (κ2) is 8.54. The van der Waals surface area contributed by atoms with Gasteiger partial charge in [-0.15, -0.1) is 0 Å². The molecule has 1 N–H and O–H groups in total. The Balaban J connectivity index is 1.90. The molecule has 1 aromatic heterocycles. The van der Waals surface area contributed by atoms with E-state index in [-0.39, 0.29) is 16.8 Å². The van der Waals surface area contributed by atoms with E-state index in [0.29, 0.717) is 11.3 Å². The fraction of sp³-hybridized carbons (Fsp3) is 0.125. The van der Waals surface area contributed by atoms with E-state index < -0.39 is 28.4 Å². The second-order valence-corrected chi connectivity index (χ2v) is 7.67. The summed E-state index contributed by atoms with van der Waals surface area (Å²) in [4.78, 5) is 44.1. The normalized spacial score (nSPS) is 17.3. The molecule has 0 saturated carbocycles. The van der Waals surface area contributed by atoms with Crippen molar-refractivity contribution in [3.63, 3.8) is 0 Å². The molecule has 1 atom stereocenters. The SMILES string of the molecule is CN(C)c1ccc(N2C(=O)C(=O)/C(=C(\O)c3cccc([N+](=O)[O-])c3)C2c2cccnc2)cc1. The van der Waals surface area contributed by atoms with Crippen molar-refractivity contribution < 1.29 is 19.6 Å². The number of benzene rings is 2. The summed E-state index contributed by atoms with van der Waals surface area (Å²) in [6.07, 6.45) is 3.07. The number of non-ortho nitro benzene ring substituents is 1. The molecule has 2 heterocycles. The Bertz CT molecular complexity index is 1270. The van der Waals surface area contributed by atoms with E-state index in [4.69, 9.17) is 0 Å². The maximum absolute atomic E-state index is 13.1. The first kappa shape index (κ1) is 21.7. The van der Waals surface area contributed by atoms with E-state index in [1.165, 1.54) is 29.3 Å². The van der Waals surface area contributed by atoms with Gasteiger partial charge in [0.1, 0.15) is 5.76 Å². The summed E-state index contributed by atoms with van der Waals surface area (Å²) in [6.45, 7) is 0. The molecule has 3 aromatic rings. The predicted octanol–water partition coefficient (Wildman–Crippen LogP) is 3.68. The van der Waals surface area contributed by atoms with Crippen molar-refractivity contribution in [1.29, 1.82) is 0 Å². The van der Waals surface area contributed by atoms with Gasteiger partial charge in [0.2, 0.25) is 0 Å². The molecule has 1 unspecified atom stereocenters. The number of ketones is 1. The number of aliphatic hydroxyl groups is 1. The molecule has 1 aliphatic rings. The topological polar surface area (TPSA) is 117 Å². The molecule has 0 aliphatic carbocycles. The van der Waals surface area contributed by atoms with Crippen molar-refractivity contribution in [2.45, 2.75) is 6.04 Å².